The van der Waals surface area contributed by atoms with Gasteiger partial charge in [-0.05, 0) is 36.8 Å². The SMILES string of the molecule is CCOC(=O)c1[nH]c2ccccc2c1NC(=O)/C=C/c1ccc2c(c1)OCO2. The number of aromatic amines is 1. The highest BCUT2D eigenvalue weighted by Gasteiger charge is 2.20. The van der Waals surface area contributed by atoms with Gasteiger partial charge in [0.1, 0.15) is 5.69 Å². The van der Waals surface area contributed by atoms with Gasteiger partial charge in [0.05, 0.1) is 12.3 Å². The van der Waals surface area contributed by atoms with Crippen LogP contribution < -0.4 is 14.8 Å². The van der Waals surface area contributed by atoms with Crippen molar-refractivity contribution in [3.63, 3.8) is 0 Å². The van der Waals surface area contributed by atoms with Crippen LogP contribution in [0.5, 0.6) is 11.5 Å². The van der Waals surface area contributed by atoms with Crippen LogP contribution in [0.3, 0.4) is 0 Å². The van der Waals surface area contributed by atoms with E-state index in [1.807, 2.05) is 30.3 Å². The molecule has 7 heteroatoms. The van der Waals surface area contributed by atoms with Crippen molar-refractivity contribution in [2.45, 2.75) is 6.92 Å². The Balaban J connectivity index is 1.58. The predicted molar refractivity (Wildman–Crippen MR) is 104 cm³/mol. The Labute approximate surface area is 160 Å². The average molecular weight is 378 g/mol. The van der Waals surface area contributed by atoms with Crippen LogP contribution in [0.1, 0.15) is 23.0 Å². The molecule has 0 atom stereocenters. The summed E-state index contributed by atoms with van der Waals surface area (Å²) in [6, 6.07) is 12.7. The summed E-state index contributed by atoms with van der Waals surface area (Å²) in [5.74, 6) is 0.435. The first-order chi connectivity index (χ1) is 13.7. The number of benzene rings is 2. The van der Waals surface area contributed by atoms with Crippen LogP contribution in [-0.4, -0.2) is 30.3 Å². The molecule has 1 amide bonds. The first-order valence-electron chi connectivity index (χ1n) is 8.82. The summed E-state index contributed by atoms with van der Waals surface area (Å²) < 4.78 is 15.7. The predicted octanol–water partition coefficient (Wildman–Crippen LogP) is 3.73. The number of anilines is 1. The van der Waals surface area contributed by atoms with Gasteiger partial charge in [-0.2, -0.15) is 0 Å². The minimum atomic E-state index is -0.520. The summed E-state index contributed by atoms with van der Waals surface area (Å²) in [7, 11) is 0. The van der Waals surface area contributed by atoms with Gasteiger partial charge < -0.3 is 24.5 Å². The van der Waals surface area contributed by atoms with Crippen molar-refractivity contribution < 1.29 is 23.8 Å². The zero-order valence-electron chi connectivity index (χ0n) is 15.2. The van der Waals surface area contributed by atoms with Gasteiger partial charge in [-0.15, -0.1) is 0 Å². The van der Waals surface area contributed by atoms with Gasteiger partial charge in [-0.3, -0.25) is 4.79 Å². The highest BCUT2D eigenvalue weighted by molar-refractivity contribution is 6.13. The van der Waals surface area contributed by atoms with E-state index in [0.717, 1.165) is 16.5 Å². The summed E-state index contributed by atoms with van der Waals surface area (Å²) in [5, 5.41) is 3.51. The van der Waals surface area contributed by atoms with Gasteiger partial charge in [-0.25, -0.2) is 4.79 Å². The molecule has 2 N–H and O–H groups in total. The molecule has 1 aromatic heterocycles. The lowest BCUT2D eigenvalue weighted by atomic mass is 10.2. The van der Waals surface area contributed by atoms with Gasteiger partial charge in [-0.1, -0.05) is 24.3 Å². The van der Waals surface area contributed by atoms with E-state index in [4.69, 9.17) is 14.2 Å². The van der Waals surface area contributed by atoms with Crippen LogP contribution >= 0.6 is 0 Å². The number of carbonyl (C=O) groups is 2. The zero-order chi connectivity index (χ0) is 19.5. The molecule has 142 valence electrons. The average Bonchev–Trinajstić information content (AvgIpc) is 3.31. The number of H-pyrrole nitrogens is 1. The molecule has 2 heterocycles. The molecule has 28 heavy (non-hydrogen) atoms. The van der Waals surface area contributed by atoms with E-state index in [1.165, 1.54) is 6.08 Å². The number of hydrogen-bond donors (Lipinski definition) is 2. The molecular formula is C21H18N2O5. The minimum Gasteiger partial charge on any atom is -0.461 e. The number of esters is 1. The Morgan fingerprint density at radius 1 is 1.18 bits per heavy atom. The second-order valence-electron chi connectivity index (χ2n) is 6.08. The quantitative estimate of drug-likeness (QED) is 0.522. The third-order valence-corrected chi connectivity index (χ3v) is 4.26. The molecule has 0 aliphatic carbocycles. The molecule has 0 radical (unpaired) electrons. The summed E-state index contributed by atoms with van der Waals surface area (Å²) in [6.07, 6.45) is 3.06. The van der Waals surface area contributed by atoms with Crippen LogP contribution in [0.25, 0.3) is 17.0 Å². The molecule has 0 fully saturated rings. The van der Waals surface area contributed by atoms with Crippen molar-refractivity contribution >= 4 is 34.5 Å². The zero-order valence-corrected chi connectivity index (χ0v) is 15.2. The number of para-hydroxylation sites is 1. The van der Waals surface area contributed by atoms with Gasteiger partial charge in [0.15, 0.2) is 11.5 Å². The number of amides is 1. The van der Waals surface area contributed by atoms with Crippen molar-refractivity contribution in [2.24, 2.45) is 0 Å². The molecule has 0 bridgehead atoms. The summed E-state index contributed by atoms with van der Waals surface area (Å²) >= 11 is 0. The number of hydrogen-bond acceptors (Lipinski definition) is 5. The van der Waals surface area contributed by atoms with Crippen LogP contribution in [-0.2, 0) is 9.53 Å². The van der Waals surface area contributed by atoms with Crippen molar-refractivity contribution in [3.8, 4) is 11.5 Å². The van der Waals surface area contributed by atoms with Crippen molar-refractivity contribution in [1.82, 2.24) is 4.98 Å². The smallest absolute Gasteiger partial charge is 0.356 e. The maximum Gasteiger partial charge on any atom is 0.356 e. The lowest BCUT2D eigenvalue weighted by Gasteiger charge is -2.05. The van der Waals surface area contributed by atoms with Gasteiger partial charge in [0.2, 0.25) is 12.7 Å². The first kappa shape index (κ1) is 17.7. The molecule has 7 nitrogen and oxygen atoms in total. The fourth-order valence-corrected chi connectivity index (χ4v) is 2.98. The van der Waals surface area contributed by atoms with E-state index in [0.29, 0.717) is 17.2 Å². The highest BCUT2D eigenvalue weighted by Crippen LogP contribution is 2.33. The van der Waals surface area contributed by atoms with E-state index in [9.17, 15) is 9.59 Å². The maximum atomic E-state index is 12.5. The number of carbonyl (C=O) groups excluding carboxylic acids is 2. The Bertz CT molecular complexity index is 1080. The first-order valence-corrected chi connectivity index (χ1v) is 8.82. The normalized spacial score (nSPS) is 12.5. The van der Waals surface area contributed by atoms with Gasteiger partial charge >= 0.3 is 5.97 Å². The van der Waals surface area contributed by atoms with E-state index < -0.39 is 5.97 Å². The third kappa shape index (κ3) is 3.42. The second-order valence-corrected chi connectivity index (χ2v) is 6.08. The fourth-order valence-electron chi connectivity index (χ4n) is 2.98. The van der Waals surface area contributed by atoms with Gasteiger partial charge in [0.25, 0.3) is 0 Å². The Hall–Kier alpha value is -3.74. The topological polar surface area (TPSA) is 89.7 Å². The van der Waals surface area contributed by atoms with Gasteiger partial charge in [0, 0.05) is 17.0 Å². The molecule has 1 aliphatic rings. The highest BCUT2D eigenvalue weighted by atomic mass is 16.7. The lowest BCUT2D eigenvalue weighted by molar-refractivity contribution is -0.111. The molecule has 0 saturated carbocycles. The molecule has 3 aromatic rings. The second kappa shape index (κ2) is 7.48. The van der Waals surface area contributed by atoms with E-state index in [1.54, 1.807) is 25.1 Å². The monoisotopic (exact) mass is 378 g/mol. The number of fused-ring (bicyclic) bond motifs is 2. The molecule has 4 rings (SSSR count). The summed E-state index contributed by atoms with van der Waals surface area (Å²) in [5.41, 5.74) is 2.15. The largest absolute Gasteiger partial charge is 0.461 e. The number of aromatic nitrogens is 1. The Morgan fingerprint density at radius 3 is 2.86 bits per heavy atom. The van der Waals surface area contributed by atoms with E-state index in [2.05, 4.69) is 10.3 Å². The lowest BCUT2D eigenvalue weighted by Crippen LogP contribution is -2.13. The Morgan fingerprint density at radius 2 is 2.00 bits per heavy atom. The number of ether oxygens (including phenoxy) is 3. The summed E-state index contributed by atoms with van der Waals surface area (Å²) in [4.78, 5) is 27.7. The standard InChI is InChI=1S/C21H18N2O5/c1-2-26-21(25)20-19(14-5-3-4-6-15(14)22-20)23-18(24)10-8-13-7-9-16-17(11-13)28-12-27-16/h3-11,22H,2,12H2,1H3,(H,23,24)/b10-8+. The minimum absolute atomic E-state index is 0.195. The molecular weight excluding hydrogens is 360 g/mol. The third-order valence-electron chi connectivity index (χ3n) is 4.26. The Kier molecular flexibility index (Phi) is 4.72. The molecule has 0 spiro atoms. The van der Waals surface area contributed by atoms with Crippen LogP contribution in [0.4, 0.5) is 5.69 Å². The molecule has 2 aromatic carbocycles. The van der Waals surface area contributed by atoms with Crippen LogP contribution in [0.2, 0.25) is 0 Å². The van der Waals surface area contributed by atoms with Crippen molar-refractivity contribution in [1.29, 1.82) is 0 Å². The fraction of sp³-hybridized carbons (Fsp3) is 0.143. The van der Waals surface area contributed by atoms with Crippen molar-refractivity contribution in [2.75, 3.05) is 18.7 Å². The summed E-state index contributed by atoms with van der Waals surface area (Å²) in [6.45, 7) is 2.17. The maximum absolute atomic E-state index is 12.5. The van der Waals surface area contributed by atoms with Crippen LogP contribution in [0.15, 0.2) is 48.5 Å². The molecule has 0 saturated heterocycles. The number of rotatable bonds is 5. The van der Waals surface area contributed by atoms with Crippen molar-refractivity contribution in [3.05, 3.63) is 59.8 Å². The van der Waals surface area contributed by atoms with E-state index >= 15 is 0 Å². The van der Waals surface area contributed by atoms with E-state index in [-0.39, 0.29) is 25.0 Å². The van der Waals surface area contributed by atoms with Crippen LogP contribution in [0, 0.1) is 0 Å². The molecule has 0 unspecified atom stereocenters. The molecule has 1 aliphatic heterocycles. The number of nitrogens with one attached hydrogen (secondary N) is 2.